The lowest BCUT2D eigenvalue weighted by Gasteiger charge is -2.17. The molecule has 0 heteroatoms. The molecule has 0 unspecified atom stereocenters. The molecule has 0 atom stereocenters. The van der Waals surface area contributed by atoms with Crippen LogP contribution in [-0.2, 0) is 19.3 Å². The SMILES string of the molecule is Cc1ccc(CCC2=CCCC=C2)c(-c2cc(C)ccc2CCc2ccccc2)c1. The van der Waals surface area contributed by atoms with E-state index >= 15 is 0 Å². The highest BCUT2D eigenvalue weighted by atomic mass is 14.2. The molecule has 0 spiro atoms. The van der Waals surface area contributed by atoms with Crippen LogP contribution < -0.4 is 0 Å². The second kappa shape index (κ2) is 9.76. The van der Waals surface area contributed by atoms with Gasteiger partial charge in [0.2, 0.25) is 0 Å². The van der Waals surface area contributed by atoms with Gasteiger partial charge in [-0.1, -0.05) is 102 Å². The summed E-state index contributed by atoms with van der Waals surface area (Å²) in [6, 6.07) is 24.8. The van der Waals surface area contributed by atoms with Gasteiger partial charge in [-0.05, 0) is 80.2 Å². The van der Waals surface area contributed by atoms with E-state index in [2.05, 4.69) is 98.8 Å². The summed E-state index contributed by atoms with van der Waals surface area (Å²) in [5, 5.41) is 0. The summed E-state index contributed by atoms with van der Waals surface area (Å²) in [6.45, 7) is 4.41. The van der Waals surface area contributed by atoms with E-state index < -0.39 is 0 Å². The van der Waals surface area contributed by atoms with Gasteiger partial charge >= 0.3 is 0 Å². The molecule has 4 rings (SSSR count). The zero-order valence-corrected chi connectivity index (χ0v) is 18.3. The quantitative estimate of drug-likeness (QED) is 0.382. The van der Waals surface area contributed by atoms with Gasteiger partial charge in [-0.25, -0.2) is 0 Å². The second-order valence-electron chi connectivity index (χ2n) is 8.57. The first-order chi connectivity index (χ1) is 14.7. The fraction of sp³-hybridized carbons (Fsp3) is 0.267. The van der Waals surface area contributed by atoms with Gasteiger partial charge in [0.15, 0.2) is 0 Å². The van der Waals surface area contributed by atoms with Crippen LogP contribution in [-0.4, -0.2) is 0 Å². The van der Waals surface area contributed by atoms with E-state index in [0.717, 1.165) is 25.7 Å². The van der Waals surface area contributed by atoms with Gasteiger partial charge in [-0.2, -0.15) is 0 Å². The number of benzene rings is 3. The Hall–Kier alpha value is -2.86. The number of hydrogen-bond acceptors (Lipinski definition) is 0. The molecule has 1 aliphatic rings. The molecule has 0 aliphatic heterocycles. The third-order valence-corrected chi connectivity index (χ3v) is 6.10. The Kier molecular flexibility index (Phi) is 6.64. The fourth-order valence-corrected chi connectivity index (χ4v) is 4.37. The third kappa shape index (κ3) is 5.19. The van der Waals surface area contributed by atoms with Crippen molar-refractivity contribution in [2.45, 2.75) is 52.4 Å². The summed E-state index contributed by atoms with van der Waals surface area (Å²) in [5.74, 6) is 0. The van der Waals surface area contributed by atoms with E-state index in [1.54, 1.807) is 0 Å². The fourth-order valence-electron chi connectivity index (χ4n) is 4.37. The van der Waals surface area contributed by atoms with Crippen molar-refractivity contribution in [2.24, 2.45) is 0 Å². The molecule has 0 amide bonds. The minimum atomic E-state index is 1.07. The molecule has 0 heterocycles. The molecule has 0 aromatic heterocycles. The third-order valence-electron chi connectivity index (χ3n) is 6.10. The van der Waals surface area contributed by atoms with Crippen LogP contribution in [0.2, 0.25) is 0 Å². The number of aryl methyl sites for hydroxylation is 5. The summed E-state index contributed by atoms with van der Waals surface area (Å²) in [4.78, 5) is 0. The number of allylic oxidation sites excluding steroid dienone is 4. The summed E-state index contributed by atoms with van der Waals surface area (Å²) in [7, 11) is 0. The molecule has 1 aliphatic carbocycles. The highest BCUT2D eigenvalue weighted by Crippen LogP contribution is 2.32. The smallest absolute Gasteiger partial charge is 0.0146 e. The Morgan fingerprint density at radius 2 is 1.27 bits per heavy atom. The maximum atomic E-state index is 2.41. The number of hydrogen-bond donors (Lipinski definition) is 0. The molecule has 3 aromatic carbocycles. The Morgan fingerprint density at radius 1 is 0.633 bits per heavy atom. The largest absolute Gasteiger partial charge is 0.0840 e. The van der Waals surface area contributed by atoms with Crippen LogP contribution in [0.25, 0.3) is 11.1 Å². The van der Waals surface area contributed by atoms with Gasteiger partial charge in [0.05, 0.1) is 0 Å². The van der Waals surface area contributed by atoms with Crippen LogP contribution in [0.15, 0.2) is 90.5 Å². The monoisotopic (exact) mass is 392 g/mol. The summed E-state index contributed by atoms with van der Waals surface area (Å²) in [6.07, 6.45) is 13.8. The van der Waals surface area contributed by atoms with Crippen LogP contribution in [0.1, 0.15) is 47.1 Å². The molecule has 0 fully saturated rings. The first-order valence-corrected chi connectivity index (χ1v) is 11.3. The normalized spacial score (nSPS) is 13.3. The van der Waals surface area contributed by atoms with Crippen LogP contribution in [0.4, 0.5) is 0 Å². The molecule has 3 aromatic rings. The van der Waals surface area contributed by atoms with Crippen molar-refractivity contribution in [1.29, 1.82) is 0 Å². The molecule has 0 radical (unpaired) electrons. The highest BCUT2D eigenvalue weighted by molar-refractivity contribution is 5.72. The van der Waals surface area contributed by atoms with Crippen LogP contribution in [0, 0.1) is 13.8 Å². The minimum absolute atomic E-state index is 1.07. The van der Waals surface area contributed by atoms with Crippen molar-refractivity contribution in [1.82, 2.24) is 0 Å². The standard InChI is InChI=1S/C30H32/c1-23-13-17-27(19-15-25-9-5-3-6-10-25)29(21-23)30-22-24(2)14-18-28(30)20-16-26-11-7-4-8-12-26/h3,5-7,9-14,17-18,21-22H,4,8,15-16,19-20H2,1-2H3. The first kappa shape index (κ1) is 20.4. The van der Waals surface area contributed by atoms with Gasteiger partial charge in [0, 0.05) is 0 Å². The first-order valence-electron chi connectivity index (χ1n) is 11.3. The molecule has 30 heavy (non-hydrogen) atoms. The van der Waals surface area contributed by atoms with Crippen molar-refractivity contribution in [3.63, 3.8) is 0 Å². The molecular formula is C30H32. The molecule has 0 N–H and O–H groups in total. The molecule has 152 valence electrons. The molecule has 0 bridgehead atoms. The lowest BCUT2D eigenvalue weighted by atomic mass is 9.88. The Labute approximate surface area is 182 Å². The van der Waals surface area contributed by atoms with Crippen LogP contribution in [0.3, 0.4) is 0 Å². The predicted molar refractivity (Wildman–Crippen MR) is 130 cm³/mol. The van der Waals surface area contributed by atoms with Gasteiger partial charge in [-0.15, -0.1) is 0 Å². The lowest BCUT2D eigenvalue weighted by Crippen LogP contribution is -1.99. The van der Waals surface area contributed by atoms with Gasteiger partial charge in [-0.3, -0.25) is 0 Å². The van der Waals surface area contributed by atoms with E-state index in [1.165, 1.54) is 57.4 Å². The van der Waals surface area contributed by atoms with E-state index in [-0.39, 0.29) is 0 Å². The van der Waals surface area contributed by atoms with Crippen molar-refractivity contribution < 1.29 is 0 Å². The number of rotatable bonds is 7. The van der Waals surface area contributed by atoms with Gasteiger partial charge < -0.3 is 0 Å². The Balaban J connectivity index is 1.63. The van der Waals surface area contributed by atoms with E-state index in [0.29, 0.717) is 0 Å². The summed E-state index contributed by atoms with van der Waals surface area (Å²) < 4.78 is 0. The second-order valence-corrected chi connectivity index (χ2v) is 8.57. The van der Waals surface area contributed by atoms with Crippen molar-refractivity contribution in [2.75, 3.05) is 0 Å². The Morgan fingerprint density at radius 3 is 1.87 bits per heavy atom. The van der Waals surface area contributed by atoms with E-state index in [1.807, 2.05) is 0 Å². The lowest BCUT2D eigenvalue weighted by molar-refractivity contribution is 0.919. The van der Waals surface area contributed by atoms with Crippen molar-refractivity contribution in [3.05, 3.63) is 118 Å². The zero-order valence-electron chi connectivity index (χ0n) is 18.3. The molecular weight excluding hydrogens is 360 g/mol. The summed E-state index contributed by atoms with van der Waals surface area (Å²) in [5.41, 5.74) is 11.3. The predicted octanol–water partition coefficient (Wildman–Crippen LogP) is 7.96. The van der Waals surface area contributed by atoms with E-state index in [4.69, 9.17) is 0 Å². The average Bonchev–Trinajstić information content (AvgIpc) is 2.79. The topological polar surface area (TPSA) is 0 Å². The zero-order chi connectivity index (χ0) is 20.8. The van der Waals surface area contributed by atoms with Crippen molar-refractivity contribution in [3.8, 4) is 11.1 Å². The van der Waals surface area contributed by atoms with E-state index in [9.17, 15) is 0 Å². The minimum Gasteiger partial charge on any atom is -0.0840 e. The van der Waals surface area contributed by atoms with Gasteiger partial charge in [0.25, 0.3) is 0 Å². The highest BCUT2D eigenvalue weighted by Gasteiger charge is 2.12. The van der Waals surface area contributed by atoms with Crippen LogP contribution >= 0.6 is 0 Å². The van der Waals surface area contributed by atoms with Crippen LogP contribution in [0.5, 0.6) is 0 Å². The van der Waals surface area contributed by atoms with Crippen molar-refractivity contribution >= 4 is 0 Å². The molecule has 0 saturated carbocycles. The Bertz CT molecular complexity index is 1050. The average molecular weight is 393 g/mol. The maximum absolute atomic E-state index is 2.41. The summed E-state index contributed by atoms with van der Waals surface area (Å²) >= 11 is 0. The maximum Gasteiger partial charge on any atom is -0.0146 e. The van der Waals surface area contributed by atoms with Gasteiger partial charge in [0.1, 0.15) is 0 Å². The molecule has 0 saturated heterocycles. The molecule has 0 nitrogen and oxygen atoms in total.